The maximum Gasteiger partial charge on any atom is 1.00 e. The number of benzene rings is 4. The summed E-state index contributed by atoms with van der Waals surface area (Å²) in [7, 11) is 0. The number of anilines is 2. The summed E-state index contributed by atoms with van der Waals surface area (Å²) in [5.74, 6) is 0.531. The fraction of sp³-hybridized carbons (Fsp3) is 0.380. The molecule has 0 aliphatic carbocycles. The molecule has 364 valence electrons. The van der Waals surface area contributed by atoms with Gasteiger partial charge in [0.15, 0.2) is 0 Å². The number of nitrogens with two attached hydrogens (primary N) is 1. The number of hydrogen-bond donors (Lipinski definition) is 4. The Morgan fingerprint density at radius 2 is 1.04 bits per heavy atom. The van der Waals surface area contributed by atoms with Crippen LogP contribution in [0.1, 0.15) is 90.0 Å². The van der Waals surface area contributed by atoms with Gasteiger partial charge in [-0.1, -0.05) is 78.9 Å². The van der Waals surface area contributed by atoms with Gasteiger partial charge in [0.2, 0.25) is 5.91 Å². The van der Waals surface area contributed by atoms with Gasteiger partial charge in [-0.05, 0) is 87.6 Å². The summed E-state index contributed by atoms with van der Waals surface area (Å²) in [4.78, 5) is 41.6. The summed E-state index contributed by atoms with van der Waals surface area (Å²) in [5, 5.41) is 24.4. The van der Waals surface area contributed by atoms with Crippen LogP contribution in [0.3, 0.4) is 0 Å². The van der Waals surface area contributed by atoms with Gasteiger partial charge in [0.1, 0.15) is 57.3 Å². The Kier molecular flexibility index (Phi) is 25.2. The van der Waals surface area contributed by atoms with E-state index < -0.39 is 11.9 Å². The molecule has 0 saturated carbocycles. The topological polar surface area (TPSA) is 203 Å². The summed E-state index contributed by atoms with van der Waals surface area (Å²) in [6.07, 6.45) is 0. The molecular formula is C50H71KN4O10S2. The summed E-state index contributed by atoms with van der Waals surface area (Å²) in [5.41, 5.74) is 10.4. The average Bonchev–Trinajstić information content (AvgIpc) is 3.88. The van der Waals surface area contributed by atoms with Gasteiger partial charge in [-0.15, -0.1) is 22.7 Å². The largest absolute Gasteiger partial charge is 1.00 e. The molecule has 0 unspecified atom stereocenters. The van der Waals surface area contributed by atoms with Crippen LogP contribution >= 0.6 is 22.7 Å². The van der Waals surface area contributed by atoms with E-state index in [0.717, 1.165) is 76.3 Å². The first-order valence-electron chi connectivity index (χ1n) is 23.2. The summed E-state index contributed by atoms with van der Waals surface area (Å²) in [6.45, 7) is 20.2. The first kappa shape index (κ1) is 57.0. The van der Waals surface area contributed by atoms with E-state index in [1.807, 2.05) is 48.5 Å². The van der Waals surface area contributed by atoms with E-state index in [-0.39, 0.29) is 102 Å². The molecule has 0 spiro atoms. The normalized spacial score (nSPS) is 10.7. The van der Waals surface area contributed by atoms with Gasteiger partial charge >= 0.3 is 63.3 Å². The van der Waals surface area contributed by atoms with Crippen molar-refractivity contribution in [2.45, 2.75) is 63.3 Å². The third kappa shape index (κ3) is 15.4. The van der Waals surface area contributed by atoms with Crippen molar-refractivity contribution >= 4 is 70.7 Å². The van der Waals surface area contributed by atoms with Gasteiger partial charge in [0, 0.05) is 47.9 Å². The molecule has 6 N–H and O–H groups in total. The molecule has 14 nitrogen and oxygen atoms in total. The van der Waals surface area contributed by atoms with Crippen LogP contribution in [0.4, 0.5) is 10.0 Å². The van der Waals surface area contributed by atoms with Crippen molar-refractivity contribution in [1.82, 2.24) is 9.80 Å². The van der Waals surface area contributed by atoms with Gasteiger partial charge in [-0.2, -0.15) is 0 Å². The third-order valence-electron chi connectivity index (χ3n) is 10.4. The van der Waals surface area contributed by atoms with E-state index in [1.165, 1.54) is 29.6 Å². The minimum absolute atomic E-state index is 0. The van der Waals surface area contributed by atoms with E-state index in [1.54, 1.807) is 38.1 Å². The Bertz CT molecular complexity index is 2510. The molecule has 0 fully saturated rings. The number of thiophene rings is 2. The van der Waals surface area contributed by atoms with Crippen molar-refractivity contribution in [3.63, 3.8) is 0 Å². The number of aromatic hydroxyl groups is 2. The quantitative estimate of drug-likeness (QED) is 0.0445. The zero-order chi connectivity index (χ0) is 49.6. The number of hydrogen-bond acceptors (Lipinski definition) is 15. The van der Waals surface area contributed by atoms with Crippen LogP contribution in [0, 0.1) is 0 Å². The number of esters is 2. The van der Waals surface area contributed by atoms with Crippen LogP contribution in [-0.4, -0.2) is 109 Å². The molecule has 67 heavy (non-hydrogen) atoms. The van der Waals surface area contributed by atoms with Crippen molar-refractivity contribution in [1.29, 1.82) is 0 Å². The minimum Gasteiger partial charge on any atom is -0.870 e. The van der Waals surface area contributed by atoms with Crippen molar-refractivity contribution in [3.8, 4) is 45.3 Å². The number of carbonyl (C=O) groups excluding carboxylic acids is 3. The van der Waals surface area contributed by atoms with Crippen LogP contribution in [0.5, 0.6) is 23.0 Å². The predicted molar refractivity (Wildman–Crippen MR) is 275 cm³/mol. The first-order chi connectivity index (χ1) is 32.4. The zero-order valence-electron chi connectivity index (χ0n) is 42.5. The monoisotopic (exact) mass is 996 g/mol. The maximum atomic E-state index is 12.8. The molecule has 1 amide bonds. The Morgan fingerprint density at radius 1 is 0.657 bits per heavy atom. The number of nitrogens with zero attached hydrogens (tertiary/aromatic N) is 2. The molecular weight excluding hydrogens is 920 g/mol. The number of phenols is 2. The number of carbonyl (C=O) groups is 3. The van der Waals surface area contributed by atoms with Crippen molar-refractivity contribution in [3.05, 3.63) is 83.9 Å². The molecule has 2 aromatic heterocycles. The van der Waals surface area contributed by atoms with E-state index in [4.69, 9.17) is 30.6 Å². The number of ether oxygens (including phenoxy) is 4. The second-order valence-corrected chi connectivity index (χ2v) is 16.3. The number of fused-ring (bicyclic) bond motifs is 2. The predicted octanol–water partition coefficient (Wildman–Crippen LogP) is 8.47. The van der Waals surface area contributed by atoms with Gasteiger partial charge < -0.3 is 55.5 Å². The fourth-order valence-electron chi connectivity index (χ4n) is 7.01. The van der Waals surface area contributed by atoms with E-state index >= 15 is 0 Å². The second-order valence-electron chi connectivity index (χ2n) is 14.3. The van der Waals surface area contributed by atoms with Gasteiger partial charge in [-0.25, -0.2) is 9.59 Å². The molecule has 0 saturated heterocycles. The van der Waals surface area contributed by atoms with Crippen molar-refractivity contribution in [2.24, 2.45) is 0 Å². The molecule has 2 heterocycles. The minimum atomic E-state index is -0.487. The van der Waals surface area contributed by atoms with Crippen LogP contribution in [0.15, 0.2) is 72.8 Å². The molecule has 0 bridgehead atoms. The van der Waals surface area contributed by atoms with Crippen molar-refractivity contribution < 1.29 is 106 Å². The number of phenolic OH excluding ortho intramolecular Hbond substituents is 2. The summed E-state index contributed by atoms with van der Waals surface area (Å²) < 4.78 is 44.6. The Morgan fingerprint density at radius 3 is 1.43 bits per heavy atom. The van der Waals surface area contributed by atoms with Crippen LogP contribution < -0.4 is 71.9 Å². The van der Waals surface area contributed by atoms with E-state index in [2.05, 4.69) is 42.8 Å². The number of nitrogens with one attached hydrogen (secondary N) is 1. The van der Waals surface area contributed by atoms with Crippen LogP contribution in [0.2, 0.25) is 0 Å². The SMILES string of the molecule is C.C.CCOC(=O)c1c(N)sc2c(OCCN(CC)CC)c(-c3ccc(O)cc3)ccc12.CCOC(=O)c1c(NC(C)=O)sc2c(OCCN(CC)CC)c(-c3ccc(O)cc3)ccc12.[2H][3H].[2H][3H].[K+].[OH-]. The van der Waals surface area contributed by atoms with Gasteiger partial charge in [-0.3, -0.25) is 4.79 Å². The second kappa shape index (κ2) is 29.6. The zero-order valence-corrected chi connectivity index (χ0v) is 43.2. The molecule has 6 rings (SSSR count). The summed E-state index contributed by atoms with van der Waals surface area (Å²) >= 11 is 2.63. The molecule has 0 aliphatic heterocycles. The fourth-order valence-corrected chi connectivity index (χ4v) is 9.31. The first-order valence-corrected chi connectivity index (χ1v) is 22.9. The van der Waals surface area contributed by atoms with E-state index in [0.29, 0.717) is 51.2 Å². The van der Waals surface area contributed by atoms with Gasteiger partial charge in [0.05, 0.1) is 22.6 Å². The van der Waals surface area contributed by atoms with Gasteiger partial charge in [0.25, 0.3) is 0 Å². The Labute approximate surface area is 452 Å². The van der Waals surface area contributed by atoms with Crippen LogP contribution in [-0.2, 0) is 14.3 Å². The molecule has 0 atom stereocenters. The van der Waals surface area contributed by atoms with Crippen molar-refractivity contribution in [2.75, 3.05) is 76.7 Å². The number of amides is 1. The van der Waals surface area contributed by atoms with E-state index in [9.17, 15) is 24.6 Å². The molecule has 4 aromatic carbocycles. The third-order valence-corrected chi connectivity index (χ3v) is 12.5. The number of rotatable bonds is 19. The Balaban J connectivity index is 0. The molecule has 17 heteroatoms. The maximum absolute atomic E-state index is 12.8. The Hall–Kier alpha value is -4.27. The summed E-state index contributed by atoms with van der Waals surface area (Å²) in [6, 6.07) is 21.4. The number of nitrogen functional groups attached to an aromatic ring is 1. The number of likely N-dealkylation sites (N-methyl/N-ethyl adjacent to an activating group) is 2. The smallest absolute Gasteiger partial charge is 0.870 e. The average molecular weight is 997 g/mol. The molecule has 6 aromatic rings. The molecule has 0 radical (unpaired) electrons. The molecule has 0 aliphatic rings. The van der Waals surface area contributed by atoms with Crippen LogP contribution in [0.25, 0.3) is 42.4 Å². The standard InChI is InChI=1S/C25H30N2O5S.C23H28N2O4S.2CH4.K.H2O.2H2/c1-5-27(6-2)14-15-32-22-19(17-8-10-18(29)11-9-17)12-13-20-21(25(30)31-7-3)24(26-16(4)28)33-23(20)22;1-4-25(5-2)13-14-29-20-17(15-7-9-16(26)10-8-15)11-12-18-19(23(27)28-6-3)22(24)30-21(18)20;;;;;;/h8-13,29H,5-7,14-15H2,1-4H3,(H,26,28);7-12,26H,4-6,13-14,24H2,1-3H3;2*1H4;;1H2;2*1H/q;;;;+1;;;/p-1/i;;;;;;2*1+2D.